The van der Waals surface area contributed by atoms with Crippen molar-refractivity contribution >= 4 is 22.2 Å². The van der Waals surface area contributed by atoms with Crippen LogP contribution in [-0.4, -0.2) is 58.0 Å². The molecule has 3 aliphatic rings. The molecule has 1 aromatic heterocycles. The molecule has 0 radical (unpaired) electrons. The van der Waals surface area contributed by atoms with E-state index in [0.717, 1.165) is 74.4 Å². The minimum Gasteiger partial charge on any atom is -0.497 e. The number of hydrogen-bond donors (Lipinski definition) is 2. The summed E-state index contributed by atoms with van der Waals surface area (Å²) in [5.41, 5.74) is 4.62. The molecular formula is C27H36N4O2. The SMILES string of the molecule is CNC[C@H]1CCN(c2cc(C3=CC=C(OCCNC4CC4)CC3)nc3cc(OC)ccc23)C1. The average Bonchev–Trinajstić information content (AvgIpc) is 3.57. The van der Waals surface area contributed by atoms with Gasteiger partial charge in [-0.05, 0) is 75.0 Å². The smallest absolute Gasteiger partial charge is 0.121 e. The van der Waals surface area contributed by atoms with Gasteiger partial charge in [-0.15, -0.1) is 0 Å². The highest BCUT2D eigenvalue weighted by atomic mass is 16.5. The van der Waals surface area contributed by atoms with Crippen LogP contribution in [0.25, 0.3) is 16.5 Å². The van der Waals surface area contributed by atoms with Crippen molar-refractivity contribution in [2.45, 2.75) is 38.1 Å². The number of benzene rings is 1. The molecule has 1 aliphatic heterocycles. The fraction of sp³-hybridized carbons (Fsp3) is 0.519. The highest BCUT2D eigenvalue weighted by Gasteiger charge is 2.25. The van der Waals surface area contributed by atoms with E-state index in [1.165, 1.54) is 35.9 Å². The first kappa shape index (κ1) is 22.2. The molecule has 6 nitrogen and oxygen atoms in total. The first-order valence-electron chi connectivity index (χ1n) is 12.4. The molecule has 2 aromatic rings. The van der Waals surface area contributed by atoms with Crippen LogP contribution in [0.2, 0.25) is 0 Å². The van der Waals surface area contributed by atoms with Gasteiger partial charge in [-0.3, -0.25) is 0 Å². The molecule has 33 heavy (non-hydrogen) atoms. The summed E-state index contributed by atoms with van der Waals surface area (Å²) in [7, 11) is 3.75. The van der Waals surface area contributed by atoms with E-state index in [9.17, 15) is 0 Å². The number of fused-ring (bicyclic) bond motifs is 1. The van der Waals surface area contributed by atoms with Gasteiger partial charge in [0.25, 0.3) is 0 Å². The van der Waals surface area contributed by atoms with Gasteiger partial charge < -0.3 is 25.0 Å². The molecule has 2 fully saturated rings. The Morgan fingerprint density at radius 2 is 2.03 bits per heavy atom. The van der Waals surface area contributed by atoms with Crippen LogP contribution in [0.5, 0.6) is 5.75 Å². The van der Waals surface area contributed by atoms with Crippen molar-refractivity contribution in [3.63, 3.8) is 0 Å². The Balaban J connectivity index is 1.38. The highest BCUT2D eigenvalue weighted by Crippen LogP contribution is 2.36. The normalized spacial score (nSPS) is 20.7. The zero-order chi connectivity index (χ0) is 22.6. The maximum Gasteiger partial charge on any atom is 0.121 e. The lowest BCUT2D eigenvalue weighted by Crippen LogP contribution is -2.24. The van der Waals surface area contributed by atoms with Crippen molar-refractivity contribution < 1.29 is 9.47 Å². The Bertz CT molecular complexity index is 1040. The van der Waals surface area contributed by atoms with E-state index in [-0.39, 0.29) is 0 Å². The van der Waals surface area contributed by atoms with Crippen molar-refractivity contribution in [2.75, 3.05) is 51.8 Å². The predicted octanol–water partition coefficient (Wildman–Crippen LogP) is 4.12. The Kier molecular flexibility index (Phi) is 6.83. The molecular weight excluding hydrogens is 412 g/mol. The standard InChI is InChI=1S/C27H36N4O2/c1-28-17-19-11-13-31(18-19)27-16-25(30-26-15-23(32-2)9-10-24(26)27)20-3-7-22(8-4-20)33-14-12-29-21-5-6-21/h3,7,9-10,15-16,19,21,28-29H,4-6,8,11-14,17-18H2,1-2H3/t19-/m1/s1. The van der Waals surface area contributed by atoms with Crippen molar-refractivity contribution in [1.82, 2.24) is 15.6 Å². The molecule has 1 saturated heterocycles. The first-order valence-corrected chi connectivity index (χ1v) is 12.4. The maximum absolute atomic E-state index is 5.99. The summed E-state index contributed by atoms with van der Waals surface area (Å²) < 4.78 is 11.5. The van der Waals surface area contributed by atoms with Gasteiger partial charge in [0, 0.05) is 49.2 Å². The number of hydrogen-bond acceptors (Lipinski definition) is 6. The van der Waals surface area contributed by atoms with Gasteiger partial charge in [-0.2, -0.15) is 0 Å². The lowest BCUT2D eigenvalue weighted by molar-refractivity contribution is 0.202. The second-order valence-electron chi connectivity index (χ2n) is 9.47. The van der Waals surface area contributed by atoms with E-state index in [0.29, 0.717) is 5.92 Å². The lowest BCUT2D eigenvalue weighted by Gasteiger charge is -2.23. The predicted molar refractivity (Wildman–Crippen MR) is 135 cm³/mol. The molecule has 0 bridgehead atoms. The minimum atomic E-state index is 0.686. The molecule has 176 valence electrons. The third-order valence-corrected chi connectivity index (χ3v) is 6.95. The molecule has 5 rings (SSSR count). The second-order valence-corrected chi connectivity index (χ2v) is 9.47. The van der Waals surface area contributed by atoms with Gasteiger partial charge in [0.05, 0.1) is 24.1 Å². The molecule has 0 unspecified atom stereocenters. The summed E-state index contributed by atoms with van der Waals surface area (Å²) >= 11 is 0. The third-order valence-electron chi connectivity index (χ3n) is 6.95. The van der Waals surface area contributed by atoms with Gasteiger partial charge in [-0.1, -0.05) is 6.08 Å². The van der Waals surface area contributed by atoms with Crippen LogP contribution in [0.3, 0.4) is 0 Å². The molecule has 0 spiro atoms. The fourth-order valence-electron chi connectivity index (χ4n) is 4.93. The third kappa shape index (κ3) is 5.33. The number of rotatable bonds is 10. The fourth-order valence-corrected chi connectivity index (χ4v) is 4.93. The summed E-state index contributed by atoms with van der Waals surface area (Å²) in [5, 5.41) is 8.04. The summed E-state index contributed by atoms with van der Waals surface area (Å²) in [5.74, 6) is 2.61. The number of allylic oxidation sites excluding steroid dienone is 4. The maximum atomic E-state index is 5.99. The molecule has 2 heterocycles. The van der Waals surface area contributed by atoms with E-state index < -0.39 is 0 Å². The summed E-state index contributed by atoms with van der Waals surface area (Å²) in [6.07, 6.45) is 10.1. The summed E-state index contributed by atoms with van der Waals surface area (Å²) in [4.78, 5) is 7.58. The first-order chi connectivity index (χ1) is 16.2. The lowest BCUT2D eigenvalue weighted by atomic mass is 9.98. The van der Waals surface area contributed by atoms with E-state index in [1.807, 2.05) is 13.1 Å². The second kappa shape index (κ2) is 10.1. The zero-order valence-electron chi connectivity index (χ0n) is 19.9. The Morgan fingerprint density at radius 1 is 1.12 bits per heavy atom. The minimum absolute atomic E-state index is 0.686. The number of pyridine rings is 1. The van der Waals surface area contributed by atoms with Gasteiger partial charge in [0.15, 0.2) is 0 Å². The number of methoxy groups -OCH3 is 1. The van der Waals surface area contributed by atoms with E-state index in [2.05, 4.69) is 45.9 Å². The number of aromatic nitrogens is 1. The quantitative estimate of drug-likeness (QED) is 0.534. The van der Waals surface area contributed by atoms with Gasteiger partial charge >= 0.3 is 0 Å². The van der Waals surface area contributed by atoms with Crippen LogP contribution in [0, 0.1) is 5.92 Å². The molecule has 2 N–H and O–H groups in total. The molecule has 1 saturated carbocycles. The Hall–Kier alpha value is -2.57. The summed E-state index contributed by atoms with van der Waals surface area (Å²) in [6, 6.07) is 9.28. The average molecular weight is 449 g/mol. The van der Waals surface area contributed by atoms with Gasteiger partial charge in [0.1, 0.15) is 12.4 Å². The van der Waals surface area contributed by atoms with Crippen LogP contribution < -0.4 is 20.3 Å². The van der Waals surface area contributed by atoms with Crippen LogP contribution >= 0.6 is 0 Å². The van der Waals surface area contributed by atoms with E-state index in [4.69, 9.17) is 14.5 Å². The molecule has 6 heteroatoms. The van der Waals surface area contributed by atoms with E-state index >= 15 is 0 Å². The van der Waals surface area contributed by atoms with Gasteiger partial charge in [0.2, 0.25) is 0 Å². The highest BCUT2D eigenvalue weighted by molar-refractivity contribution is 5.94. The molecule has 1 atom stereocenters. The molecule has 0 amide bonds. The van der Waals surface area contributed by atoms with Crippen LogP contribution in [0.15, 0.2) is 42.2 Å². The summed E-state index contributed by atoms with van der Waals surface area (Å²) in [6.45, 7) is 4.90. The largest absolute Gasteiger partial charge is 0.497 e. The van der Waals surface area contributed by atoms with Crippen LogP contribution in [0.4, 0.5) is 5.69 Å². The van der Waals surface area contributed by atoms with Crippen LogP contribution in [-0.2, 0) is 4.74 Å². The number of anilines is 1. The number of ether oxygens (including phenoxy) is 2. The number of nitrogens with one attached hydrogen (secondary N) is 2. The van der Waals surface area contributed by atoms with E-state index in [1.54, 1.807) is 7.11 Å². The van der Waals surface area contributed by atoms with Crippen molar-refractivity contribution in [3.05, 3.63) is 47.9 Å². The van der Waals surface area contributed by atoms with Crippen molar-refractivity contribution in [1.29, 1.82) is 0 Å². The Labute approximate surface area is 197 Å². The van der Waals surface area contributed by atoms with Crippen molar-refractivity contribution in [2.24, 2.45) is 5.92 Å². The molecule has 2 aliphatic carbocycles. The van der Waals surface area contributed by atoms with Gasteiger partial charge in [-0.25, -0.2) is 4.98 Å². The van der Waals surface area contributed by atoms with Crippen molar-refractivity contribution in [3.8, 4) is 5.75 Å². The number of nitrogens with zero attached hydrogens (tertiary/aromatic N) is 2. The monoisotopic (exact) mass is 448 g/mol. The Morgan fingerprint density at radius 3 is 2.79 bits per heavy atom. The molecule has 1 aromatic carbocycles. The zero-order valence-corrected chi connectivity index (χ0v) is 19.9. The van der Waals surface area contributed by atoms with Crippen LogP contribution in [0.1, 0.15) is 37.8 Å². The topological polar surface area (TPSA) is 58.7 Å².